The first kappa shape index (κ1) is 17.4. The average Bonchev–Trinajstić information content (AvgIpc) is 2.59. The third kappa shape index (κ3) is 6.80. The van der Waals surface area contributed by atoms with Gasteiger partial charge in [0.05, 0.1) is 11.4 Å². The summed E-state index contributed by atoms with van der Waals surface area (Å²) in [6.45, 7) is 0.885. The van der Waals surface area contributed by atoms with Crippen LogP contribution in [0.25, 0.3) is 0 Å². The highest BCUT2D eigenvalue weighted by Crippen LogP contribution is 2.19. The maximum absolute atomic E-state index is 5.26. The molecule has 0 spiro atoms. The fourth-order valence-corrected chi connectivity index (χ4v) is 2.47. The van der Waals surface area contributed by atoms with Gasteiger partial charge in [0.15, 0.2) is 5.11 Å². The van der Waals surface area contributed by atoms with Gasteiger partial charge in [-0.15, -0.1) is 0 Å². The second-order valence-corrected chi connectivity index (χ2v) is 6.20. The summed E-state index contributed by atoms with van der Waals surface area (Å²) in [6, 6.07) is 17.4. The molecule has 2 rings (SSSR count). The minimum Gasteiger partial charge on any atom is -0.362 e. The zero-order valence-electron chi connectivity index (χ0n) is 13.0. The number of hydrogen-bond acceptors (Lipinski definition) is 4. The van der Waals surface area contributed by atoms with Crippen molar-refractivity contribution in [1.29, 1.82) is 0 Å². The molecule has 0 radical (unpaired) electrons. The average molecular weight is 345 g/mol. The molecule has 0 amide bonds. The van der Waals surface area contributed by atoms with Gasteiger partial charge in [0.25, 0.3) is 0 Å². The maximum Gasteiger partial charge on any atom is 0.170 e. The smallest absolute Gasteiger partial charge is 0.170 e. The van der Waals surface area contributed by atoms with E-state index in [1.54, 1.807) is 0 Å². The molecule has 120 valence electrons. The van der Waals surface area contributed by atoms with Gasteiger partial charge in [-0.25, -0.2) is 0 Å². The second kappa shape index (κ2) is 9.97. The Labute approximate surface area is 146 Å². The summed E-state index contributed by atoms with van der Waals surface area (Å²) in [5.74, 6) is 1.14. The summed E-state index contributed by atoms with van der Waals surface area (Å²) >= 11 is 7.10. The van der Waals surface area contributed by atoms with Crippen molar-refractivity contribution in [3.63, 3.8) is 0 Å². The van der Waals surface area contributed by atoms with Crippen LogP contribution in [0.4, 0.5) is 17.1 Å². The molecular formula is C17H20N4S2. The molecule has 4 nitrogen and oxygen atoms in total. The van der Waals surface area contributed by atoms with Gasteiger partial charge in [0.2, 0.25) is 0 Å². The van der Waals surface area contributed by atoms with Gasteiger partial charge in [0, 0.05) is 12.2 Å². The van der Waals surface area contributed by atoms with E-state index in [2.05, 4.69) is 27.1 Å². The number of thiocarbonyl (C=S) groups is 1. The summed E-state index contributed by atoms with van der Waals surface area (Å²) in [5.41, 5.74) is 2.58. The topological polar surface area (TPSA) is 48.8 Å². The molecule has 2 N–H and O–H groups in total. The number of thioether (sulfide) groups is 1. The SMILES string of the molecule is CSCCCNC(=S)Nc1ccc(N=Nc2ccccc2)cc1. The molecule has 0 fully saturated rings. The molecule has 6 heteroatoms. The number of benzene rings is 2. The highest BCUT2D eigenvalue weighted by molar-refractivity contribution is 7.98. The van der Waals surface area contributed by atoms with Gasteiger partial charge >= 0.3 is 0 Å². The number of anilines is 1. The Balaban J connectivity index is 1.82. The van der Waals surface area contributed by atoms with Crippen molar-refractivity contribution in [3.05, 3.63) is 54.6 Å². The van der Waals surface area contributed by atoms with Crippen molar-refractivity contribution >= 4 is 46.2 Å². The van der Waals surface area contributed by atoms with Crippen molar-refractivity contribution in [1.82, 2.24) is 5.32 Å². The van der Waals surface area contributed by atoms with Crippen molar-refractivity contribution in [2.24, 2.45) is 10.2 Å². The van der Waals surface area contributed by atoms with Gasteiger partial charge in [-0.05, 0) is 67.0 Å². The molecule has 0 aromatic heterocycles. The normalized spacial score (nSPS) is 10.7. The molecule has 0 atom stereocenters. The lowest BCUT2D eigenvalue weighted by Gasteiger charge is -2.10. The summed E-state index contributed by atoms with van der Waals surface area (Å²) in [7, 11) is 0. The molecule has 0 saturated heterocycles. The molecule has 0 bridgehead atoms. The Bertz CT molecular complexity index is 627. The van der Waals surface area contributed by atoms with E-state index in [0.717, 1.165) is 35.8 Å². The van der Waals surface area contributed by atoms with E-state index in [-0.39, 0.29) is 0 Å². The first-order valence-corrected chi connectivity index (χ1v) is 9.19. The van der Waals surface area contributed by atoms with Crippen molar-refractivity contribution in [2.75, 3.05) is 23.9 Å². The number of rotatable bonds is 7. The van der Waals surface area contributed by atoms with Crippen LogP contribution < -0.4 is 10.6 Å². The summed E-state index contributed by atoms with van der Waals surface area (Å²) in [6.07, 6.45) is 3.20. The van der Waals surface area contributed by atoms with Gasteiger partial charge < -0.3 is 10.6 Å². The van der Waals surface area contributed by atoms with Gasteiger partial charge in [-0.3, -0.25) is 0 Å². The molecular weight excluding hydrogens is 324 g/mol. The molecule has 0 unspecified atom stereocenters. The Kier molecular flexibility index (Phi) is 7.56. The molecule has 0 aliphatic rings. The molecule has 0 heterocycles. The first-order chi connectivity index (χ1) is 11.3. The van der Waals surface area contributed by atoms with Crippen molar-refractivity contribution < 1.29 is 0 Å². The van der Waals surface area contributed by atoms with E-state index < -0.39 is 0 Å². The second-order valence-electron chi connectivity index (χ2n) is 4.81. The number of nitrogens with one attached hydrogen (secondary N) is 2. The largest absolute Gasteiger partial charge is 0.362 e. The standard InChI is InChI=1S/C17H20N4S2/c1-23-13-5-12-18-17(22)19-14-8-10-16(11-9-14)21-20-15-6-3-2-4-7-15/h2-4,6-11H,5,12-13H2,1H3,(H2,18,19,22). The third-order valence-corrected chi connectivity index (χ3v) is 3.92. The Morgan fingerprint density at radius 1 is 1.00 bits per heavy atom. The van der Waals surface area contributed by atoms with Crippen LogP contribution >= 0.6 is 24.0 Å². The monoisotopic (exact) mass is 344 g/mol. The van der Waals surface area contributed by atoms with Crippen LogP contribution in [-0.4, -0.2) is 23.7 Å². The van der Waals surface area contributed by atoms with Gasteiger partial charge in [0.1, 0.15) is 0 Å². The number of azo groups is 1. The molecule has 2 aromatic rings. The number of nitrogens with zero attached hydrogens (tertiary/aromatic N) is 2. The van der Waals surface area contributed by atoms with Crippen molar-refractivity contribution in [3.8, 4) is 0 Å². The summed E-state index contributed by atoms with van der Waals surface area (Å²) < 4.78 is 0. The zero-order chi connectivity index (χ0) is 16.3. The number of hydrogen-bond donors (Lipinski definition) is 2. The fraction of sp³-hybridized carbons (Fsp3) is 0.235. The van der Waals surface area contributed by atoms with Crippen LogP contribution in [-0.2, 0) is 0 Å². The predicted octanol–water partition coefficient (Wildman–Crippen LogP) is 5.14. The minimum absolute atomic E-state index is 0.643. The molecule has 2 aromatic carbocycles. The summed E-state index contributed by atoms with van der Waals surface area (Å²) in [4.78, 5) is 0. The molecule has 0 aliphatic carbocycles. The van der Waals surface area contributed by atoms with Gasteiger partial charge in [-0.2, -0.15) is 22.0 Å². The van der Waals surface area contributed by atoms with E-state index in [0.29, 0.717) is 5.11 Å². The third-order valence-electron chi connectivity index (χ3n) is 2.97. The van der Waals surface area contributed by atoms with E-state index in [1.807, 2.05) is 66.4 Å². The molecule has 0 saturated carbocycles. The van der Waals surface area contributed by atoms with Crippen LogP contribution in [0.2, 0.25) is 0 Å². The van der Waals surface area contributed by atoms with Crippen LogP contribution in [0.15, 0.2) is 64.8 Å². The van der Waals surface area contributed by atoms with Crippen LogP contribution in [0.1, 0.15) is 6.42 Å². The Morgan fingerprint density at radius 2 is 1.65 bits per heavy atom. The Hall–Kier alpha value is -1.92. The summed E-state index contributed by atoms with van der Waals surface area (Å²) in [5, 5.41) is 15.4. The first-order valence-electron chi connectivity index (χ1n) is 7.38. The Morgan fingerprint density at radius 3 is 2.30 bits per heavy atom. The fourth-order valence-electron chi connectivity index (χ4n) is 1.82. The van der Waals surface area contributed by atoms with Crippen LogP contribution in [0, 0.1) is 0 Å². The van der Waals surface area contributed by atoms with Crippen LogP contribution in [0.5, 0.6) is 0 Å². The lowest BCUT2D eigenvalue weighted by atomic mass is 10.3. The molecule has 0 aliphatic heterocycles. The van der Waals surface area contributed by atoms with E-state index in [9.17, 15) is 0 Å². The lowest BCUT2D eigenvalue weighted by molar-refractivity contribution is 0.855. The maximum atomic E-state index is 5.26. The molecule has 23 heavy (non-hydrogen) atoms. The quantitative estimate of drug-likeness (QED) is 0.415. The zero-order valence-corrected chi connectivity index (χ0v) is 14.7. The highest BCUT2D eigenvalue weighted by Gasteiger charge is 1.98. The van der Waals surface area contributed by atoms with Crippen LogP contribution in [0.3, 0.4) is 0 Å². The van der Waals surface area contributed by atoms with E-state index in [4.69, 9.17) is 12.2 Å². The van der Waals surface area contributed by atoms with Crippen molar-refractivity contribution in [2.45, 2.75) is 6.42 Å². The van der Waals surface area contributed by atoms with E-state index in [1.165, 1.54) is 0 Å². The lowest BCUT2D eigenvalue weighted by Crippen LogP contribution is -2.29. The van der Waals surface area contributed by atoms with Gasteiger partial charge in [-0.1, -0.05) is 18.2 Å². The van der Waals surface area contributed by atoms with E-state index >= 15 is 0 Å². The predicted molar refractivity (Wildman–Crippen MR) is 104 cm³/mol. The highest BCUT2D eigenvalue weighted by atomic mass is 32.2. The minimum atomic E-state index is 0.643.